The van der Waals surface area contributed by atoms with Gasteiger partial charge in [0.1, 0.15) is 0 Å². The second-order valence-corrected chi connectivity index (χ2v) is 2.25. The molecule has 0 aromatic rings. The Labute approximate surface area is 44.3 Å². The average Bonchev–Trinajstić information content (AvgIpc) is 1.87. The van der Waals surface area contributed by atoms with E-state index in [2.05, 4.69) is 7.05 Å². The van der Waals surface area contributed by atoms with E-state index in [4.69, 9.17) is 5.73 Å². The van der Waals surface area contributed by atoms with Gasteiger partial charge in [-0.1, -0.05) is 0 Å². The zero-order valence-electron chi connectivity index (χ0n) is 4.48. The van der Waals surface area contributed by atoms with Crippen LogP contribution in [-0.2, 0) is 0 Å². The summed E-state index contributed by atoms with van der Waals surface area (Å²) in [4.78, 5) is 1.33. The highest BCUT2D eigenvalue weighted by Gasteiger charge is 2.14. The summed E-state index contributed by atoms with van der Waals surface area (Å²) in [6.07, 6.45) is 1.15. The molecule has 2 nitrogen and oxygen atoms in total. The van der Waals surface area contributed by atoms with Crippen molar-refractivity contribution in [3.05, 3.63) is 7.05 Å². The molecule has 0 amide bonds. The van der Waals surface area contributed by atoms with E-state index in [0.29, 0.717) is 6.04 Å². The van der Waals surface area contributed by atoms with Gasteiger partial charge >= 0.3 is 0 Å². The summed E-state index contributed by atoms with van der Waals surface area (Å²) in [6.45, 7) is 2.21. The Balaban J connectivity index is 2.26. The first-order valence-corrected chi connectivity index (χ1v) is 2.71. The number of nitrogens with two attached hydrogens (primary N) is 1. The minimum Gasteiger partial charge on any atom is -0.466 e. The molecule has 3 N–H and O–H groups in total. The number of hydrogen-bond acceptors (Lipinski definition) is 1. The van der Waals surface area contributed by atoms with Gasteiger partial charge in [-0.15, -0.1) is 0 Å². The molecule has 2 heteroatoms. The lowest BCUT2D eigenvalue weighted by atomic mass is 10.3. The molecule has 1 saturated heterocycles. The van der Waals surface area contributed by atoms with Crippen LogP contribution in [0, 0.1) is 7.05 Å². The van der Waals surface area contributed by atoms with Crippen molar-refractivity contribution < 1.29 is 4.90 Å². The molecule has 1 aliphatic heterocycles. The van der Waals surface area contributed by atoms with Gasteiger partial charge in [-0.05, 0) is 0 Å². The monoisotopic (exact) mass is 100 g/mol. The molecular formula is C5H12N2. The fraction of sp³-hybridized carbons (Fsp3) is 0.800. The molecule has 1 unspecified atom stereocenters. The number of quaternary nitrogens is 1. The van der Waals surface area contributed by atoms with Crippen LogP contribution < -0.4 is 10.6 Å². The van der Waals surface area contributed by atoms with Crippen LogP contribution >= 0.6 is 0 Å². The van der Waals surface area contributed by atoms with Crippen molar-refractivity contribution in [1.82, 2.24) is 0 Å². The summed E-state index contributed by atoms with van der Waals surface area (Å²) in [5.74, 6) is 0. The fourth-order valence-corrected chi connectivity index (χ4v) is 0.964. The molecule has 7 heavy (non-hydrogen) atoms. The van der Waals surface area contributed by atoms with E-state index >= 15 is 0 Å². The van der Waals surface area contributed by atoms with Crippen molar-refractivity contribution >= 4 is 0 Å². The molecule has 1 heterocycles. The Hall–Kier alpha value is -0.0800. The van der Waals surface area contributed by atoms with Crippen LogP contribution in [0.15, 0.2) is 0 Å². The first-order chi connectivity index (χ1) is 3.29. The van der Waals surface area contributed by atoms with Gasteiger partial charge in [-0.3, -0.25) is 0 Å². The van der Waals surface area contributed by atoms with Crippen molar-refractivity contribution in [3.8, 4) is 0 Å². The van der Waals surface area contributed by atoms with E-state index in [1.807, 2.05) is 0 Å². The summed E-state index contributed by atoms with van der Waals surface area (Å²) in [5, 5.41) is 0. The normalized spacial score (nSPS) is 42.0. The summed E-state index contributed by atoms with van der Waals surface area (Å²) in [7, 11) is 3.82. The highest BCUT2D eigenvalue weighted by atomic mass is 15.1. The summed E-state index contributed by atoms with van der Waals surface area (Å²) < 4.78 is 0. The van der Waals surface area contributed by atoms with Gasteiger partial charge < -0.3 is 10.6 Å². The Morgan fingerprint density at radius 2 is 2.43 bits per heavy atom. The highest BCUT2D eigenvalue weighted by molar-refractivity contribution is 4.62. The maximum Gasteiger partial charge on any atom is 0.0686 e. The van der Waals surface area contributed by atoms with E-state index in [9.17, 15) is 0 Å². The number of likely N-dealkylation sites (tertiary alicyclic amines) is 1. The molecule has 0 aromatic heterocycles. The van der Waals surface area contributed by atoms with Crippen LogP contribution in [0.3, 0.4) is 0 Å². The zero-order chi connectivity index (χ0) is 5.28. The van der Waals surface area contributed by atoms with E-state index in [0.717, 1.165) is 19.5 Å². The Kier molecular flexibility index (Phi) is 1.30. The average molecular weight is 100 g/mol. The molecule has 0 aromatic carbocycles. The number of hydrogen-bond donors (Lipinski definition) is 2. The van der Waals surface area contributed by atoms with Gasteiger partial charge in [-0.25, -0.2) is 0 Å². The van der Waals surface area contributed by atoms with Crippen LogP contribution in [-0.4, -0.2) is 19.1 Å². The highest BCUT2D eigenvalue weighted by Crippen LogP contribution is 1.85. The first kappa shape index (κ1) is 5.06. The van der Waals surface area contributed by atoms with Crippen molar-refractivity contribution in [2.24, 2.45) is 5.73 Å². The van der Waals surface area contributed by atoms with Crippen LogP contribution in [0.1, 0.15) is 6.42 Å². The third-order valence-electron chi connectivity index (χ3n) is 1.42. The van der Waals surface area contributed by atoms with E-state index < -0.39 is 0 Å². The molecule has 1 rings (SSSR count). The second kappa shape index (κ2) is 1.80. The maximum absolute atomic E-state index is 5.56. The predicted molar refractivity (Wildman–Crippen MR) is 28.6 cm³/mol. The number of nitrogens with one attached hydrogen (secondary N) is 1. The van der Waals surface area contributed by atoms with Crippen molar-refractivity contribution in [2.45, 2.75) is 12.5 Å². The molecule has 42 valence electrons. The van der Waals surface area contributed by atoms with E-state index in [1.54, 1.807) is 0 Å². The zero-order valence-corrected chi connectivity index (χ0v) is 4.48. The predicted octanol–water partition coefficient (Wildman–Crippen LogP) is -1.61. The standard InChI is InChI=1S/C5H12N2/c1-7-3-2-5(6)4-7/h5,7H,1-4,6H2/t5-/m0/s1. The summed E-state index contributed by atoms with van der Waals surface area (Å²) in [5.41, 5.74) is 5.56. The molecule has 0 aliphatic carbocycles. The van der Waals surface area contributed by atoms with Gasteiger partial charge in [0.25, 0.3) is 0 Å². The SMILES string of the molecule is [CH2-][NH+]1CC[C@H](N)C1. The quantitative estimate of drug-likeness (QED) is 0.353. The van der Waals surface area contributed by atoms with E-state index in [-0.39, 0.29) is 0 Å². The lowest BCUT2D eigenvalue weighted by molar-refractivity contribution is -0.840. The van der Waals surface area contributed by atoms with Crippen LogP contribution in [0.5, 0.6) is 0 Å². The Morgan fingerprint density at radius 3 is 2.57 bits per heavy atom. The van der Waals surface area contributed by atoms with Crippen molar-refractivity contribution in [2.75, 3.05) is 13.1 Å². The third kappa shape index (κ3) is 1.14. The van der Waals surface area contributed by atoms with Gasteiger partial charge in [0.15, 0.2) is 0 Å². The van der Waals surface area contributed by atoms with Gasteiger partial charge in [0, 0.05) is 6.42 Å². The van der Waals surface area contributed by atoms with Gasteiger partial charge in [0.2, 0.25) is 0 Å². The van der Waals surface area contributed by atoms with Crippen LogP contribution in [0.25, 0.3) is 0 Å². The lowest BCUT2D eigenvalue weighted by Gasteiger charge is -2.10. The Bertz CT molecular complexity index is 55.1. The van der Waals surface area contributed by atoms with Crippen LogP contribution in [0.2, 0.25) is 0 Å². The smallest absolute Gasteiger partial charge is 0.0686 e. The van der Waals surface area contributed by atoms with Gasteiger partial charge in [0.05, 0.1) is 19.1 Å². The summed E-state index contributed by atoms with van der Waals surface area (Å²) in [6, 6.07) is 0.424. The molecule has 2 atom stereocenters. The third-order valence-corrected chi connectivity index (χ3v) is 1.42. The molecular weight excluding hydrogens is 88.1 g/mol. The van der Waals surface area contributed by atoms with Crippen molar-refractivity contribution in [3.63, 3.8) is 0 Å². The molecule has 0 radical (unpaired) electrons. The molecule has 0 saturated carbocycles. The molecule has 1 fully saturated rings. The molecule has 0 spiro atoms. The number of rotatable bonds is 0. The van der Waals surface area contributed by atoms with Crippen molar-refractivity contribution in [1.29, 1.82) is 0 Å². The van der Waals surface area contributed by atoms with Gasteiger partial charge in [-0.2, -0.15) is 7.05 Å². The topological polar surface area (TPSA) is 30.5 Å². The van der Waals surface area contributed by atoms with E-state index in [1.165, 1.54) is 4.90 Å². The van der Waals surface area contributed by atoms with Crippen LogP contribution in [0.4, 0.5) is 0 Å². The molecule has 0 bridgehead atoms. The Morgan fingerprint density at radius 1 is 1.71 bits per heavy atom. The minimum absolute atomic E-state index is 0.424. The fourth-order valence-electron chi connectivity index (χ4n) is 0.964. The second-order valence-electron chi connectivity index (χ2n) is 2.25. The minimum atomic E-state index is 0.424. The lowest BCUT2D eigenvalue weighted by Crippen LogP contribution is -3.05. The summed E-state index contributed by atoms with van der Waals surface area (Å²) >= 11 is 0. The molecule has 1 aliphatic rings. The largest absolute Gasteiger partial charge is 0.466 e. The first-order valence-electron chi connectivity index (χ1n) is 2.71. The maximum atomic E-state index is 5.56.